The van der Waals surface area contributed by atoms with E-state index in [1.54, 1.807) is 11.8 Å². The number of carbonyl (C=O) groups excluding carboxylic acids is 1. The zero-order valence-electron chi connectivity index (χ0n) is 10.8. The largest absolute Gasteiger partial charge is 0.394 e. The summed E-state index contributed by atoms with van der Waals surface area (Å²) in [6.45, 7) is 4.15. The van der Waals surface area contributed by atoms with Gasteiger partial charge in [-0.2, -0.15) is 0 Å². The summed E-state index contributed by atoms with van der Waals surface area (Å²) in [6.07, 6.45) is 1.78. The van der Waals surface area contributed by atoms with E-state index in [9.17, 15) is 4.79 Å². The van der Waals surface area contributed by atoms with Crippen molar-refractivity contribution >= 4 is 17.7 Å². The van der Waals surface area contributed by atoms with Crippen LogP contribution in [0.1, 0.15) is 24.0 Å². The molecule has 3 nitrogen and oxygen atoms in total. The Morgan fingerprint density at radius 1 is 1.44 bits per heavy atom. The van der Waals surface area contributed by atoms with Gasteiger partial charge in [0.05, 0.1) is 17.9 Å². The molecular weight excluding hydrogens is 246 g/mol. The van der Waals surface area contributed by atoms with Crippen molar-refractivity contribution in [2.24, 2.45) is 0 Å². The second-order valence-electron chi connectivity index (χ2n) is 5.04. The maximum absolute atomic E-state index is 11.8. The molecular formula is C14H19NO2S. The molecule has 0 unspecified atom stereocenters. The first kappa shape index (κ1) is 13.4. The standard InChI is InChI=1S/C14H19NO2S/c1-10-3-4-11(2)12(7-10)18-8-13(17)15-14(9-16)5-6-14/h3-4,7,16H,5-6,8-9H2,1-2H3,(H,15,17). The molecule has 18 heavy (non-hydrogen) atoms. The van der Waals surface area contributed by atoms with Crippen LogP contribution in [0, 0.1) is 13.8 Å². The minimum absolute atomic E-state index is 0.00690. The molecule has 0 heterocycles. The maximum Gasteiger partial charge on any atom is 0.230 e. The van der Waals surface area contributed by atoms with Crippen LogP contribution in [0.5, 0.6) is 0 Å². The highest BCUT2D eigenvalue weighted by atomic mass is 32.2. The van der Waals surface area contributed by atoms with Gasteiger partial charge in [0.25, 0.3) is 0 Å². The van der Waals surface area contributed by atoms with E-state index in [2.05, 4.69) is 37.4 Å². The number of nitrogens with one attached hydrogen (secondary N) is 1. The molecule has 0 bridgehead atoms. The van der Waals surface area contributed by atoms with Gasteiger partial charge in [0, 0.05) is 4.90 Å². The predicted molar refractivity (Wildman–Crippen MR) is 73.8 cm³/mol. The molecule has 1 aliphatic carbocycles. The Labute approximate surface area is 112 Å². The normalized spacial score (nSPS) is 16.4. The summed E-state index contributed by atoms with van der Waals surface area (Å²) in [4.78, 5) is 12.9. The molecule has 1 fully saturated rings. The van der Waals surface area contributed by atoms with Crippen LogP contribution in [-0.4, -0.2) is 28.9 Å². The molecule has 0 atom stereocenters. The van der Waals surface area contributed by atoms with E-state index in [0.29, 0.717) is 5.75 Å². The number of aliphatic hydroxyl groups excluding tert-OH is 1. The lowest BCUT2D eigenvalue weighted by Crippen LogP contribution is -2.40. The molecule has 2 N–H and O–H groups in total. The van der Waals surface area contributed by atoms with Crippen LogP contribution in [0.4, 0.5) is 0 Å². The summed E-state index contributed by atoms with van der Waals surface area (Å²) in [6, 6.07) is 6.25. The Bertz CT molecular complexity index is 455. The van der Waals surface area contributed by atoms with Crippen molar-refractivity contribution in [3.8, 4) is 0 Å². The number of benzene rings is 1. The van der Waals surface area contributed by atoms with Gasteiger partial charge in [-0.15, -0.1) is 11.8 Å². The topological polar surface area (TPSA) is 49.3 Å². The first-order chi connectivity index (χ1) is 8.54. The van der Waals surface area contributed by atoms with Gasteiger partial charge in [0.1, 0.15) is 0 Å². The second kappa shape index (κ2) is 5.33. The molecule has 1 aromatic carbocycles. The van der Waals surface area contributed by atoms with E-state index in [1.807, 2.05) is 0 Å². The first-order valence-electron chi connectivity index (χ1n) is 6.17. The number of hydrogen-bond acceptors (Lipinski definition) is 3. The van der Waals surface area contributed by atoms with Crippen LogP contribution >= 0.6 is 11.8 Å². The summed E-state index contributed by atoms with van der Waals surface area (Å²) in [5.41, 5.74) is 2.10. The fraction of sp³-hybridized carbons (Fsp3) is 0.500. The molecule has 0 saturated heterocycles. The summed E-state index contributed by atoms with van der Waals surface area (Å²) in [5, 5.41) is 12.1. The molecule has 0 aromatic heterocycles. The Hall–Kier alpha value is -1.00. The number of aliphatic hydroxyl groups is 1. The van der Waals surface area contributed by atoms with Crippen molar-refractivity contribution in [3.05, 3.63) is 29.3 Å². The van der Waals surface area contributed by atoms with E-state index in [1.165, 1.54) is 11.1 Å². The van der Waals surface area contributed by atoms with E-state index >= 15 is 0 Å². The highest BCUT2D eigenvalue weighted by Crippen LogP contribution is 2.34. The van der Waals surface area contributed by atoms with Crippen LogP contribution in [0.15, 0.2) is 23.1 Å². The van der Waals surface area contributed by atoms with Gasteiger partial charge >= 0.3 is 0 Å². The molecule has 98 valence electrons. The van der Waals surface area contributed by atoms with Crippen molar-refractivity contribution in [2.45, 2.75) is 37.1 Å². The van der Waals surface area contributed by atoms with Crippen LogP contribution in [0.25, 0.3) is 0 Å². The van der Waals surface area contributed by atoms with E-state index in [-0.39, 0.29) is 18.1 Å². The second-order valence-corrected chi connectivity index (χ2v) is 6.06. The van der Waals surface area contributed by atoms with Gasteiger partial charge < -0.3 is 10.4 Å². The lowest BCUT2D eigenvalue weighted by Gasteiger charge is -2.14. The average Bonchev–Trinajstić information content (AvgIpc) is 3.11. The Balaban J connectivity index is 1.87. The third-order valence-corrected chi connectivity index (χ3v) is 4.42. The van der Waals surface area contributed by atoms with Crippen LogP contribution in [0.3, 0.4) is 0 Å². The van der Waals surface area contributed by atoms with Gasteiger partial charge in [0.15, 0.2) is 0 Å². The lowest BCUT2D eigenvalue weighted by molar-refractivity contribution is -0.119. The number of hydrogen-bond donors (Lipinski definition) is 2. The summed E-state index contributed by atoms with van der Waals surface area (Å²) in [7, 11) is 0. The average molecular weight is 265 g/mol. The van der Waals surface area contributed by atoms with Gasteiger partial charge in [-0.05, 0) is 38.3 Å². The highest BCUT2D eigenvalue weighted by molar-refractivity contribution is 8.00. The monoisotopic (exact) mass is 265 g/mol. The fourth-order valence-corrected chi connectivity index (χ4v) is 2.74. The fourth-order valence-electron chi connectivity index (χ4n) is 1.81. The molecule has 0 spiro atoms. The Morgan fingerprint density at radius 2 is 2.17 bits per heavy atom. The molecule has 0 aliphatic heterocycles. The lowest BCUT2D eigenvalue weighted by atomic mass is 10.2. The van der Waals surface area contributed by atoms with Crippen LogP contribution < -0.4 is 5.32 Å². The van der Waals surface area contributed by atoms with Crippen LogP contribution in [-0.2, 0) is 4.79 Å². The SMILES string of the molecule is Cc1ccc(C)c(SCC(=O)NC2(CO)CC2)c1. The van der Waals surface area contributed by atoms with Gasteiger partial charge in [0.2, 0.25) is 5.91 Å². The molecule has 1 amide bonds. The number of aryl methyl sites for hydroxylation is 2. The van der Waals surface area contributed by atoms with Gasteiger partial charge in [-0.25, -0.2) is 0 Å². The van der Waals surface area contributed by atoms with Crippen molar-refractivity contribution in [1.29, 1.82) is 0 Å². The number of carbonyl (C=O) groups is 1. The third kappa shape index (κ3) is 3.27. The molecule has 2 rings (SSSR count). The summed E-state index contributed by atoms with van der Waals surface area (Å²) < 4.78 is 0. The number of rotatable bonds is 5. The number of amides is 1. The van der Waals surface area contributed by atoms with Crippen molar-refractivity contribution in [2.75, 3.05) is 12.4 Å². The van der Waals surface area contributed by atoms with Crippen molar-refractivity contribution in [1.82, 2.24) is 5.32 Å². The Kier molecular flexibility index (Phi) is 3.97. The minimum atomic E-state index is -0.306. The quantitative estimate of drug-likeness (QED) is 0.801. The smallest absolute Gasteiger partial charge is 0.230 e. The summed E-state index contributed by atoms with van der Waals surface area (Å²) in [5.74, 6) is 0.416. The predicted octanol–water partition coefficient (Wildman–Crippen LogP) is 2.04. The number of thioether (sulfide) groups is 1. The van der Waals surface area contributed by atoms with Crippen molar-refractivity contribution in [3.63, 3.8) is 0 Å². The molecule has 1 saturated carbocycles. The Morgan fingerprint density at radius 3 is 2.78 bits per heavy atom. The van der Waals surface area contributed by atoms with Crippen LogP contribution in [0.2, 0.25) is 0 Å². The first-order valence-corrected chi connectivity index (χ1v) is 7.15. The van der Waals surface area contributed by atoms with E-state index < -0.39 is 0 Å². The van der Waals surface area contributed by atoms with Crippen molar-refractivity contribution < 1.29 is 9.90 Å². The van der Waals surface area contributed by atoms with Gasteiger partial charge in [-0.3, -0.25) is 4.79 Å². The molecule has 1 aliphatic rings. The molecule has 1 aromatic rings. The molecule has 4 heteroatoms. The zero-order valence-corrected chi connectivity index (χ0v) is 11.6. The maximum atomic E-state index is 11.8. The van der Waals surface area contributed by atoms with Gasteiger partial charge in [-0.1, -0.05) is 17.7 Å². The highest BCUT2D eigenvalue weighted by Gasteiger charge is 2.43. The van der Waals surface area contributed by atoms with E-state index in [0.717, 1.165) is 17.7 Å². The third-order valence-electron chi connectivity index (χ3n) is 3.26. The van der Waals surface area contributed by atoms with E-state index in [4.69, 9.17) is 5.11 Å². The summed E-state index contributed by atoms with van der Waals surface area (Å²) >= 11 is 1.55. The zero-order chi connectivity index (χ0) is 13.2. The molecule has 0 radical (unpaired) electrons. The minimum Gasteiger partial charge on any atom is -0.394 e.